The molecule has 0 aliphatic heterocycles. The topological polar surface area (TPSA) is 70.9 Å². The van der Waals surface area contributed by atoms with Crippen LogP contribution in [0.2, 0.25) is 0 Å². The van der Waals surface area contributed by atoms with Crippen molar-refractivity contribution in [2.24, 2.45) is 0 Å². The fraction of sp³-hybridized carbons (Fsp3) is 0.182. The Hall–Kier alpha value is -3.34. The van der Waals surface area contributed by atoms with Gasteiger partial charge in [0.2, 0.25) is 11.8 Å². The SMILES string of the molecule is Cc1ccccc1-c1nc(CC(=O)NCc2c[nH]c3ccccc23)c(C)o1. The van der Waals surface area contributed by atoms with Gasteiger partial charge in [-0.2, -0.15) is 0 Å². The highest BCUT2D eigenvalue weighted by molar-refractivity contribution is 5.84. The number of aryl methyl sites for hydroxylation is 2. The molecule has 5 heteroatoms. The predicted octanol–water partition coefficient (Wildman–Crippen LogP) is 4.30. The number of benzene rings is 2. The summed E-state index contributed by atoms with van der Waals surface area (Å²) in [4.78, 5) is 20.2. The maximum absolute atomic E-state index is 12.4. The van der Waals surface area contributed by atoms with Crippen LogP contribution in [0, 0.1) is 13.8 Å². The van der Waals surface area contributed by atoms with Crippen LogP contribution < -0.4 is 5.32 Å². The fourth-order valence-electron chi connectivity index (χ4n) is 3.21. The molecule has 27 heavy (non-hydrogen) atoms. The molecule has 4 aromatic rings. The zero-order valence-corrected chi connectivity index (χ0v) is 15.4. The Bertz CT molecular complexity index is 1110. The number of aromatic nitrogens is 2. The number of nitrogens with one attached hydrogen (secondary N) is 2. The number of hydrogen-bond acceptors (Lipinski definition) is 3. The molecule has 0 atom stereocenters. The summed E-state index contributed by atoms with van der Waals surface area (Å²) in [6.45, 7) is 4.34. The molecular formula is C22H21N3O2. The Morgan fingerprint density at radius 3 is 2.74 bits per heavy atom. The Kier molecular flexibility index (Phi) is 4.50. The minimum absolute atomic E-state index is 0.0759. The highest BCUT2D eigenvalue weighted by Crippen LogP contribution is 2.25. The Labute approximate surface area is 157 Å². The molecule has 0 radical (unpaired) electrons. The first kappa shape index (κ1) is 17.1. The number of hydrogen-bond donors (Lipinski definition) is 2. The number of amides is 1. The molecule has 0 saturated heterocycles. The van der Waals surface area contributed by atoms with E-state index in [4.69, 9.17) is 4.42 Å². The van der Waals surface area contributed by atoms with Crippen LogP contribution in [0.25, 0.3) is 22.4 Å². The number of aromatic amines is 1. The number of nitrogens with zero attached hydrogens (tertiary/aromatic N) is 1. The summed E-state index contributed by atoms with van der Waals surface area (Å²) in [5.74, 6) is 1.16. The number of oxazole rings is 1. The summed E-state index contributed by atoms with van der Waals surface area (Å²) in [6, 6.07) is 16.0. The molecule has 0 bridgehead atoms. The fourth-order valence-corrected chi connectivity index (χ4v) is 3.21. The molecule has 0 unspecified atom stereocenters. The normalized spacial score (nSPS) is 11.0. The van der Waals surface area contributed by atoms with E-state index in [-0.39, 0.29) is 12.3 Å². The number of H-pyrrole nitrogens is 1. The van der Waals surface area contributed by atoms with Gasteiger partial charge < -0.3 is 14.7 Å². The molecule has 0 fully saturated rings. The molecule has 0 saturated carbocycles. The number of carbonyl (C=O) groups excluding carboxylic acids is 1. The third kappa shape index (κ3) is 3.49. The summed E-state index contributed by atoms with van der Waals surface area (Å²) in [5.41, 5.74) is 4.85. The summed E-state index contributed by atoms with van der Waals surface area (Å²) >= 11 is 0. The molecule has 4 rings (SSSR count). The van der Waals surface area contributed by atoms with Crippen LogP contribution in [0.5, 0.6) is 0 Å². The van der Waals surface area contributed by atoms with Crippen LogP contribution in [-0.2, 0) is 17.8 Å². The molecule has 0 aliphatic rings. The highest BCUT2D eigenvalue weighted by Gasteiger charge is 2.16. The lowest BCUT2D eigenvalue weighted by Gasteiger charge is -2.03. The van der Waals surface area contributed by atoms with Crippen molar-refractivity contribution in [3.63, 3.8) is 0 Å². The maximum atomic E-state index is 12.4. The molecule has 136 valence electrons. The van der Waals surface area contributed by atoms with Crippen LogP contribution in [-0.4, -0.2) is 15.9 Å². The zero-order chi connectivity index (χ0) is 18.8. The van der Waals surface area contributed by atoms with E-state index in [0.29, 0.717) is 23.9 Å². The van der Waals surface area contributed by atoms with Crippen molar-refractivity contribution >= 4 is 16.8 Å². The predicted molar refractivity (Wildman–Crippen MR) is 105 cm³/mol. The van der Waals surface area contributed by atoms with Crippen molar-refractivity contribution in [1.29, 1.82) is 0 Å². The largest absolute Gasteiger partial charge is 0.441 e. The van der Waals surface area contributed by atoms with Crippen molar-refractivity contribution in [3.05, 3.63) is 77.3 Å². The van der Waals surface area contributed by atoms with Gasteiger partial charge in [0.1, 0.15) is 5.76 Å². The van der Waals surface area contributed by atoms with Gasteiger partial charge in [0.05, 0.1) is 12.1 Å². The van der Waals surface area contributed by atoms with Crippen molar-refractivity contribution in [2.45, 2.75) is 26.8 Å². The van der Waals surface area contributed by atoms with Crippen molar-refractivity contribution < 1.29 is 9.21 Å². The molecule has 1 amide bonds. The highest BCUT2D eigenvalue weighted by atomic mass is 16.4. The van der Waals surface area contributed by atoms with E-state index in [1.54, 1.807) is 0 Å². The third-order valence-corrected chi connectivity index (χ3v) is 4.75. The lowest BCUT2D eigenvalue weighted by Crippen LogP contribution is -2.24. The van der Waals surface area contributed by atoms with Crippen LogP contribution >= 0.6 is 0 Å². The molecule has 2 aromatic heterocycles. The second-order valence-corrected chi connectivity index (χ2v) is 6.65. The van der Waals surface area contributed by atoms with E-state index in [1.807, 2.05) is 68.6 Å². The molecule has 5 nitrogen and oxygen atoms in total. The van der Waals surface area contributed by atoms with Crippen molar-refractivity contribution in [3.8, 4) is 11.5 Å². The lowest BCUT2D eigenvalue weighted by molar-refractivity contribution is -0.120. The molecule has 2 N–H and O–H groups in total. The monoisotopic (exact) mass is 359 g/mol. The molecule has 0 spiro atoms. The van der Waals surface area contributed by atoms with Crippen molar-refractivity contribution in [2.75, 3.05) is 0 Å². The average molecular weight is 359 g/mol. The van der Waals surface area contributed by atoms with E-state index >= 15 is 0 Å². The summed E-state index contributed by atoms with van der Waals surface area (Å²) in [6.07, 6.45) is 2.13. The number of rotatable bonds is 5. The van der Waals surface area contributed by atoms with Gasteiger partial charge >= 0.3 is 0 Å². The van der Waals surface area contributed by atoms with Gasteiger partial charge in [-0.15, -0.1) is 0 Å². The molecule has 2 aromatic carbocycles. The molecular weight excluding hydrogens is 338 g/mol. The number of para-hydroxylation sites is 1. The quantitative estimate of drug-likeness (QED) is 0.558. The second-order valence-electron chi connectivity index (χ2n) is 6.65. The lowest BCUT2D eigenvalue weighted by atomic mass is 10.1. The van der Waals surface area contributed by atoms with E-state index < -0.39 is 0 Å². The zero-order valence-electron chi connectivity index (χ0n) is 15.4. The standard InChI is InChI=1S/C22H21N3O2/c1-14-7-3-4-8-17(14)22-25-20(15(2)27-22)11-21(26)24-13-16-12-23-19-10-6-5-9-18(16)19/h3-10,12,23H,11,13H2,1-2H3,(H,24,26). The first-order valence-electron chi connectivity index (χ1n) is 8.96. The number of fused-ring (bicyclic) bond motifs is 1. The van der Waals surface area contributed by atoms with Gasteiger partial charge in [0.25, 0.3) is 0 Å². The minimum atomic E-state index is -0.0759. The summed E-state index contributed by atoms with van der Waals surface area (Å²) < 4.78 is 5.79. The van der Waals surface area contributed by atoms with Crippen LogP contribution in [0.1, 0.15) is 22.6 Å². The first-order chi connectivity index (χ1) is 13.1. The Balaban J connectivity index is 1.45. The van der Waals surface area contributed by atoms with E-state index in [9.17, 15) is 4.79 Å². The smallest absolute Gasteiger partial charge is 0.226 e. The first-order valence-corrected chi connectivity index (χ1v) is 8.96. The van der Waals surface area contributed by atoms with Crippen LogP contribution in [0.15, 0.2) is 59.1 Å². The van der Waals surface area contributed by atoms with E-state index in [2.05, 4.69) is 15.3 Å². The van der Waals surface area contributed by atoms with E-state index in [1.165, 1.54) is 0 Å². The maximum Gasteiger partial charge on any atom is 0.226 e. The summed E-state index contributed by atoms with van der Waals surface area (Å²) in [5, 5.41) is 4.10. The van der Waals surface area contributed by atoms with Crippen LogP contribution in [0.3, 0.4) is 0 Å². The number of carbonyl (C=O) groups is 1. The van der Waals surface area contributed by atoms with Gasteiger partial charge in [-0.05, 0) is 37.1 Å². The van der Waals surface area contributed by atoms with E-state index in [0.717, 1.165) is 27.6 Å². The van der Waals surface area contributed by atoms with Crippen LogP contribution in [0.4, 0.5) is 0 Å². The van der Waals surface area contributed by atoms with Gasteiger partial charge in [-0.1, -0.05) is 36.4 Å². The Morgan fingerprint density at radius 1 is 1.11 bits per heavy atom. The van der Waals surface area contributed by atoms with Gasteiger partial charge in [-0.25, -0.2) is 4.98 Å². The molecule has 2 heterocycles. The summed E-state index contributed by atoms with van der Waals surface area (Å²) in [7, 11) is 0. The van der Waals surface area contributed by atoms with Gasteiger partial charge in [-0.3, -0.25) is 4.79 Å². The average Bonchev–Trinajstić information content (AvgIpc) is 3.24. The second kappa shape index (κ2) is 7.11. The third-order valence-electron chi connectivity index (χ3n) is 4.75. The minimum Gasteiger partial charge on any atom is -0.441 e. The van der Waals surface area contributed by atoms with Gasteiger partial charge in [0, 0.05) is 29.2 Å². The van der Waals surface area contributed by atoms with Gasteiger partial charge in [0.15, 0.2) is 0 Å². The molecule has 0 aliphatic carbocycles. The Morgan fingerprint density at radius 2 is 1.89 bits per heavy atom. The van der Waals surface area contributed by atoms with Crippen molar-refractivity contribution in [1.82, 2.24) is 15.3 Å².